The molecule has 2 heterocycles. The van der Waals surface area contributed by atoms with Crippen LogP contribution in [0, 0.1) is 13.8 Å². The monoisotopic (exact) mass is 430 g/mol. The zero-order valence-corrected chi connectivity index (χ0v) is 19.2. The number of ether oxygens (including phenoxy) is 2. The summed E-state index contributed by atoms with van der Waals surface area (Å²) in [6.07, 6.45) is 5.67. The Morgan fingerprint density at radius 3 is 2.93 bits per heavy atom. The molecule has 0 aliphatic carbocycles. The Balaban J connectivity index is 1.41. The highest BCUT2D eigenvalue weighted by atomic mass is 32.1. The summed E-state index contributed by atoms with van der Waals surface area (Å²) in [5.41, 5.74) is 3.44. The second-order valence-electron chi connectivity index (χ2n) is 7.75. The number of aliphatic imine (C=N–C) groups is 1. The third-order valence-electron chi connectivity index (χ3n) is 5.12. The molecule has 0 saturated carbocycles. The molecule has 0 spiro atoms. The van der Waals surface area contributed by atoms with E-state index in [0.717, 1.165) is 68.2 Å². The molecule has 1 fully saturated rings. The summed E-state index contributed by atoms with van der Waals surface area (Å²) in [6, 6.07) is 6.34. The van der Waals surface area contributed by atoms with Crippen molar-refractivity contribution in [3.05, 3.63) is 45.4 Å². The van der Waals surface area contributed by atoms with Crippen molar-refractivity contribution in [1.29, 1.82) is 0 Å². The molecule has 164 valence electrons. The van der Waals surface area contributed by atoms with Crippen LogP contribution in [-0.2, 0) is 17.7 Å². The van der Waals surface area contributed by atoms with E-state index in [1.165, 1.54) is 10.6 Å². The zero-order valence-electron chi connectivity index (χ0n) is 18.4. The number of benzene rings is 1. The molecule has 0 amide bonds. The quantitative estimate of drug-likeness (QED) is 0.339. The first-order valence-corrected chi connectivity index (χ1v) is 11.7. The van der Waals surface area contributed by atoms with Gasteiger partial charge in [0, 0.05) is 43.4 Å². The van der Waals surface area contributed by atoms with Gasteiger partial charge < -0.3 is 20.1 Å². The van der Waals surface area contributed by atoms with Gasteiger partial charge in [-0.1, -0.05) is 12.1 Å². The van der Waals surface area contributed by atoms with Crippen molar-refractivity contribution >= 4 is 17.3 Å². The van der Waals surface area contributed by atoms with E-state index in [-0.39, 0.29) is 6.10 Å². The van der Waals surface area contributed by atoms with Gasteiger partial charge in [-0.3, -0.25) is 4.99 Å². The van der Waals surface area contributed by atoms with E-state index in [4.69, 9.17) is 9.47 Å². The number of aromatic nitrogens is 1. The number of nitrogens with one attached hydrogen (secondary N) is 2. The number of thiazole rings is 1. The predicted molar refractivity (Wildman–Crippen MR) is 124 cm³/mol. The highest BCUT2D eigenvalue weighted by Crippen LogP contribution is 2.22. The van der Waals surface area contributed by atoms with Gasteiger partial charge in [0.2, 0.25) is 0 Å². The molecule has 2 N–H and O–H groups in total. The van der Waals surface area contributed by atoms with Crippen molar-refractivity contribution in [3.63, 3.8) is 0 Å². The molecule has 7 heteroatoms. The lowest BCUT2D eigenvalue weighted by Gasteiger charge is -2.17. The number of hydrogen-bond donors (Lipinski definition) is 2. The van der Waals surface area contributed by atoms with Gasteiger partial charge in [-0.15, -0.1) is 11.3 Å². The van der Waals surface area contributed by atoms with Gasteiger partial charge in [-0.2, -0.15) is 0 Å². The summed E-state index contributed by atoms with van der Waals surface area (Å²) in [6.45, 7) is 7.15. The Morgan fingerprint density at radius 1 is 1.30 bits per heavy atom. The van der Waals surface area contributed by atoms with Crippen LogP contribution in [0.3, 0.4) is 0 Å². The molecule has 1 aromatic heterocycles. The minimum Gasteiger partial charge on any atom is -0.491 e. The van der Waals surface area contributed by atoms with Crippen LogP contribution >= 0.6 is 11.3 Å². The molecule has 0 bridgehead atoms. The van der Waals surface area contributed by atoms with E-state index in [1.807, 2.05) is 6.92 Å². The Hall–Kier alpha value is -2.12. The minimum absolute atomic E-state index is 0.217. The molecular formula is C23H34N4O2S. The maximum absolute atomic E-state index is 6.09. The van der Waals surface area contributed by atoms with Gasteiger partial charge in [0.25, 0.3) is 0 Å². The largest absolute Gasteiger partial charge is 0.491 e. The number of rotatable bonds is 10. The van der Waals surface area contributed by atoms with E-state index in [0.29, 0.717) is 13.2 Å². The van der Waals surface area contributed by atoms with Gasteiger partial charge in [0.1, 0.15) is 12.4 Å². The summed E-state index contributed by atoms with van der Waals surface area (Å²) in [7, 11) is 1.80. The Bertz CT molecular complexity index is 815. The van der Waals surface area contributed by atoms with Crippen LogP contribution in [0.5, 0.6) is 5.75 Å². The first kappa shape index (κ1) is 22.6. The van der Waals surface area contributed by atoms with Crippen LogP contribution in [0.4, 0.5) is 0 Å². The lowest BCUT2D eigenvalue weighted by atomic mass is 10.1. The number of unbranched alkanes of at least 4 members (excludes halogenated alkanes) is 1. The first-order chi connectivity index (χ1) is 14.6. The number of nitrogens with zero attached hydrogens (tertiary/aromatic N) is 2. The third kappa shape index (κ3) is 7.29. The fourth-order valence-electron chi connectivity index (χ4n) is 3.43. The van der Waals surface area contributed by atoms with E-state index in [1.54, 1.807) is 18.4 Å². The van der Waals surface area contributed by atoms with Crippen LogP contribution < -0.4 is 15.4 Å². The van der Waals surface area contributed by atoms with E-state index < -0.39 is 0 Å². The van der Waals surface area contributed by atoms with Crippen molar-refractivity contribution < 1.29 is 9.47 Å². The highest BCUT2D eigenvalue weighted by molar-refractivity contribution is 7.09. The average molecular weight is 431 g/mol. The minimum atomic E-state index is 0.217. The lowest BCUT2D eigenvalue weighted by molar-refractivity contribution is 0.0676. The standard InChI is InChI=1S/C23H34N4O2S/c1-17-9-10-19(21(13-17)29-15-20-7-6-12-28-20)14-26-23(24-3)25-11-5-4-8-22-27-18(2)16-30-22/h9-10,13,16,20H,4-8,11-12,14-15H2,1-3H3,(H2,24,25,26). The van der Waals surface area contributed by atoms with Crippen molar-refractivity contribution in [1.82, 2.24) is 15.6 Å². The number of guanidine groups is 1. The van der Waals surface area contributed by atoms with E-state index in [9.17, 15) is 0 Å². The highest BCUT2D eigenvalue weighted by Gasteiger charge is 2.17. The average Bonchev–Trinajstić information content (AvgIpc) is 3.41. The van der Waals surface area contributed by atoms with Gasteiger partial charge >= 0.3 is 0 Å². The van der Waals surface area contributed by atoms with Crippen molar-refractivity contribution in [3.8, 4) is 5.75 Å². The fraction of sp³-hybridized carbons (Fsp3) is 0.565. The molecule has 1 aliphatic heterocycles. The van der Waals surface area contributed by atoms with Crippen molar-refractivity contribution in [2.45, 2.75) is 58.6 Å². The number of aryl methyl sites for hydroxylation is 3. The number of hydrogen-bond acceptors (Lipinski definition) is 5. The van der Waals surface area contributed by atoms with Crippen molar-refractivity contribution in [2.75, 3.05) is 26.8 Å². The van der Waals surface area contributed by atoms with Gasteiger partial charge in [-0.25, -0.2) is 4.98 Å². The molecule has 1 aromatic carbocycles. The second kappa shape index (κ2) is 11.9. The SMILES string of the molecule is CN=C(NCCCCc1nc(C)cs1)NCc1ccc(C)cc1OCC1CCCO1. The van der Waals surface area contributed by atoms with Crippen LogP contribution in [0.15, 0.2) is 28.6 Å². The second-order valence-corrected chi connectivity index (χ2v) is 8.69. The predicted octanol–water partition coefficient (Wildman–Crippen LogP) is 4.01. The summed E-state index contributed by atoms with van der Waals surface area (Å²) >= 11 is 1.75. The summed E-state index contributed by atoms with van der Waals surface area (Å²) in [4.78, 5) is 8.86. The molecule has 1 aliphatic rings. The molecule has 6 nitrogen and oxygen atoms in total. The summed E-state index contributed by atoms with van der Waals surface area (Å²) < 4.78 is 11.8. The fourth-order valence-corrected chi connectivity index (χ4v) is 4.24. The molecular weight excluding hydrogens is 396 g/mol. The molecule has 1 saturated heterocycles. The maximum Gasteiger partial charge on any atom is 0.191 e. The van der Waals surface area contributed by atoms with Crippen molar-refractivity contribution in [2.24, 2.45) is 4.99 Å². The van der Waals surface area contributed by atoms with Gasteiger partial charge in [0.05, 0.1) is 11.1 Å². The summed E-state index contributed by atoms with van der Waals surface area (Å²) in [5, 5.41) is 10.1. The Labute approximate surface area is 184 Å². The lowest BCUT2D eigenvalue weighted by Crippen LogP contribution is -2.37. The van der Waals surface area contributed by atoms with Crippen LogP contribution in [0.1, 0.15) is 47.5 Å². The Morgan fingerprint density at radius 2 is 2.20 bits per heavy atom. The van der Waals surface area contributed by atoms with Crippen LogP contribution in [0.25, 0.3) is 0 Å². The molecule has 1 unspecified atom stereocenters. The third-order valence-corrected chi connectivity index (χ3v) is 6.14. The first-order valence-electron chi connectivity index (χ1n) is 10.8. The topological polar surface area (TPSA) is 67.8 Å². The molecule has 0 radical (unpaired) electrons. The normalized spacial score (nSPS) is 16.6. The van der Waals surface area contributed by atoms with Gasteiger partial charge in [-0.05, 0) is 57.6 Å². The van der Waals surface area contributed by atoms with E-state index in [2.05, 4.69) is 51.1 Å². The van der Waals surface area contributed by atoms with Crippen LogP contribution in [-0.4, -0.2) is 43.9 Å². The van der Waals surface area contributed by atoms with Gasteiger partial charge in [0.15, 0.2) is 5.96 Å². The van der Waals surface area contributed by atoms with Crippen LogP contribution in [0.2, 0.25) is 0 Å². The molecule has 3 rings (SSSR count). The molecule has 1 atom stereocenters. The van der Waals surface area contributed by atoms with E-state index >= 15 is 0 Å². The zero-order chi connectivity index (χ0) is 21.2. The Kier molecular flexibility index (Phi) is 8.96. The smallest absolute Gasteiger partial charge is 0.191 e. The molecule has 30 heavy (non-hydrogen) atoms. The summed E-state index contributed by atoms with van der Waals surface area (Å²) in [5.74, 6) is 1.73. The molecule has 2 aromatic rings. The maximum atomic E-state index is 6.09.